The molecule has 0 unspecified atom stereocenters. The van der Waals surface area contributed by atoms with Crippen molar-refractivity contribution >= 4 is 0 Å². The molecule has 0 atom stereocenters. The summed E-state index contributed by atoms with van der Waals surface area (Å²) in [4.78, 5) is 7.98. The quantitative estimate of drug-likeness (QED) is 0.564. The summed E-state index contributed by atoms with van der Waals surface area (Å²) in [6, 6.07) is 0. The monoisotopic (exact) mass is 264 g/mol. The lowest BCUT2D eigenvalue weighted by molar-refractivity contribution is 0.436. The topological polar surface area (TPSA) is 28.7 Å². The van der Waals surface area contributed by atoms with Crippen LogP contribution in [0.4, 0.5) is 0 Å². The average molecular weight is 264 g/mol. The van der Waals surface area contributed by atoms with E-state index in [1.165, 1.54) is 62.8 Å². The molecule has 0 aliphatic heterocycles. The Labute approximate surface area is 119 Å². The number of aryl methyl sites for hydroxylation is 1. The molecule has 1 heterocycles. The summed E-state index contributed by atoms with van der Waals surface area (Å²) >= 11 is 0. The molecule has 110 valence electrons. The highest BCUT2D eigenvalue weighted by molar-refractivity contribution is 5.20. The van der Waals surface area contributed by atoms with Crippen molar-refractivity contribution in [3.05, 3.63) is 17.7 Å². The van der Waals surface area contributed by atoms with Crippen molar-refractivity contribution in [3.8, 4) is 0 Å². The molecule has 0 aliphatic carbocycles. The largest absolute Gasteiger partial charge is 0.348 e. The standard InChI is InChI=1S/C17H32N2/c1-5-7-9-10-12-15-16(19-14-18-15)17(3,4)13-11-8-6-2/h14H,5-13H2,1-4H3,(H,18,19). The molecule has 1 aromatic rings. The van der Waals surface area contributed by atoms with Crippen molar-refractivity contribution in [2.75, 3.05) is 0 Å². The number of hydrogen-bond acceptors (Lipinski definition) is 1. The van der Waals surface area contributed by atoms with Crippen LogP contribution in [0.2, 0.25) is 0 Å². The Bertz CT molecular complexity index is 339. The number of unbranched alkanes of at least 4 members (excludes halogenated alkanes) is 5. The molecule has 0 aromatic carbocycles. The fourth-order valence-electron chi connectivity index (χ4n) is 2.76. The first-order valence-corrected chi connectivity index (χ1v) is 8.14. The van der Waals surface area contributed by atoms with E-state index < -0.39 is 0 Å². The molecule has 1 aromatic heterocycles. The van der Waals surface area contributed by atoms with Gasteiger partial charge in [-0.05, 0) is 19.3 Å². The molecule has 0 aliphatic rings. The van der Waals surface area contributed by atoms with Crippen molar-refractivity contribution < 1.29 is 0 Å². The van der Waals surface area contributed by atoms with Crippen LogP contribution in [0, 0.1) is 0 Å². The van der Waals surface area contributed by atoms with E-state index in [1.54, 1.807) is 0 Å². The summed E-state index contributed by atoms with van der Waals surface area (Å²) in [6.45, 7) is 9.21. The highest BCUT2D eigenvalue weighted by Gasteiger charge is 2.25. The molecule has 0 spiro atoms. The van der Waals surface area contributed by atoms with Crippen molar-refractivity contribution in [2.24, 2.45) is 0 Å². The van der Waals surface area contributed by atoms with Crippen LogP contribution in [-0.2, 0) is 11.8 Å². The predicted molar refractivity (Wildman–Crippen MR) is 83.6 cm³/mol. The highest BCUT2D eigenvalue weighted by atomic mass is 14.9. The lowest BCUT2D eigenvalue weighted by atomic mass is 9.82. The second-order valence-corrected chi connectivity index (χ2v) is 6.38. The van der Waals surface area contributed by atoms with E-state index in [1.807, 2.05) is 6.33 Å². The van der Waals surface area contributed by atoms with E-state index in [2.05, 4.69) is 37.7 Å². The maximum absolute atomic E-state index is 4.61. The molecule has 0 fully saturated rings. The van der Waals surface area contributed by atoms with Crippen LogP contribution < -0.4 is 0 Å². The lowest BCUT2D eigenvalue weighted by Crippen LogP contribution is -2.19. The number of rotatable bonds is 10. The molecular formula is C17H32N2. The molecule has 0 amide bonds. The Kier molecular flexibility index (Phi) is 7.19. The fourth-order valence-corrected chi connectivity index (χ4v) is 2.76. The number of aromatic nitrogens is 2. The van der Waals surface area contributed by atoms with Gasteiger partial charge in [-0.2, -0.15) is 0 Å². The minimum Gasteiger partial charge on any atom is -0.348 e. The van der Waals surface area contributed by atoms with Crippen molar-refractivity contribution in [3.63, 3.8) is 0 Å². The van der Waals surface area contributed by atoms with E-state index in [4.69, 9.17) is 0 Å². The van der Waals surface area contributed by atoms with Crippen LogP contribution in [0.3, 0.4) is 0 Å². The fraction of sp³-hybridized carbons (Fsp3) is 0.824. The summed E-state index contributed by atoms with van der Waals surface area (Å²) in [5.74, 6) is 0. The Balaban J connectivity index is 2.54. The maximum atomic E-state index is 4.61. The Hall–Kier alpha value is -0.790. The third-order valence-electron chi connectivity index (χ3n) is 4.04. The second-order valence-electron chi connectivity index (χ2n) is 6.38. The first-order chi connectivity index (χ1) is 9.11. The molecule has 0 saturated carbocycles. The number of aromatic amines is 1. The van der Waals surface area contributed by atoms with E-state index in [-0.39, 0.29) is 5.41 Å². The molecule has 0 bridgehead atoms. The molecule has 1 rings (SSSR count). The van der Waals surface area contributed by atoms with Gasteiger partial charge in [0.05, 0.1) is 12.0 Å². The Morgan fingerprint density at radius 3 is 2.37 bits per heavy atom. The Morgan fingerprint density at radius 1 is 1.00 bits per heavy atom. The van der Waals surface area contributed by atoms with Gasteiger partial charge in [0.15, 0.2) is 0 Å². The van der Waals surface area contributed by atoms with Gasteiger partial charge in [0.25, 0.3) is 0 Å². The van der Waals surface area contributed by atoms with Crippen LogP contribution in [0.1, 0.15) is 90.4 Å². The van der Waals surface area contributed by atoms with Gasteiger partial charge in [0.1, 0.15) is 0 Å². The summed E-state index contributed by atoms with van der Waals surface area (Å²) in [5, 5.41) is 0. The second kappa shape index (κ2) is 8.39. The Morgan fingerprint density at radius 2 is 1.68 bits per heavy atom. The van der Waals surface area contributed by atoms with Gasteiger partial charge in [-0.15, -0.1) is 0 Å². The van der Waals surface area contributed by atoms with Gasteiger partial charge >= 0.3 is 0 Å². The zero-order valence-electron chi connectivity index (χ0n) is 13.4. The van der Waals surface area contributed by atoms with Crippen LogP contribution in [0.15, 0.2) is 6.33 Å². The average Bonchev–Trinajstić information content (AvgIpc) is 2.84. The number of hydrogen-bond donors (Lipinski definition) is 1. The molecule has 2 heteroatoms. The first-order valence-electron chi connectivity index (χ1n) is 8.14. The predicted octanol–water partition coefficient (Wildman–Crippen LogP) is 5.39. The third kappa shape index (κ3) is 5.38. The van der Waals surface area contributed by atoms with Crippen LogP contribution in [0.25, 0.3) is 0 Å². The first kappa shape index (κ1) is 16.3. The van der Waals surface area contributed by atoms with Gasteiger partial charge in [0.2, 0.25) is 0 Å². The molecule has 19 heavy (non-hydrogen) atoms. The zero-order chi connectivity index (χ0) is 14.1. The van der Waals surface area contributed by atoms with E-state index in [0.29, 0.717) is 0 Å². The summed E-state index contributed by atoms with van der Waals surface area (Å²) in [6.07, 6.45) is 13.5. The van der Waals surface area contributed by atoms with Gasteiger partial charge in [-0.3, -0.25) is 0 Å². The highest BCUT2D eigenvalue weighted by Crippen LogP contribution is 2.30. The minimum absolute atomic E-state index is 0.218. The molecular weight excluding hydrogens is 232 g/mol. The smallest absolute Gasteiger partial charge is 0.0925 e. The lowest BCUT2D eigenvalue weighted by Gasteiger charge is -2.24. The van der Waals surface area contributed by atoms with Gasteiger partial charge in [-0.1, -0.05) is 66.2 Å². The number of H-pyrrole nitrogens is 1. The number of nitrogens with one attached hydrogen (secondary N) is 1. The molecule has 1 N–H and O–H groups in total. The van der Waals surface area contributed by atoms with E-state index in [0.717, 1.165) is 6.42 Å². The van der Waals surface area contributed by atoms with Crippen LogP contribution in [-0.4, -0.2) is 9.97 Å². The van der Waals surface area contributed by atoms with Gasteiger partial charge in [-0.25, -0.2) is 4.98 Å². The number of nitrogens with zero attached hydrogens (tertiary/aromatic N) is 1. The van der Waals surface area contributed by atoms with Gasteiger partial charge < -0.3 is 4.98 Å². The van der Waals surface area contributed by atoms with Crippen molar-refractivity contribution in [1.82, 2.24) is 9.97 Å². The summed E-state index contributed by atoms with van der Waals surface area (Å²) < 4.78 is 0. The minimum atomic E-state index is 0.218. The van der Waals surface area contributed by atoms with E-state index in [9.17, 15) is 0 Å². The zero-order valence-corrected chi connectivity index (χ0v) is 13.4. The van der Waals surface area contributed by atoms with Crippen LogP contribution in [0.5, 0.6) is 0 Å². The summed E-state index contributed by atoms with van der Waals surface area (Å²) in [7, 11) is 0. The molecule has 0 saturated heterocycles. The van der Waals surface area contributed by atoms with Crippen LogP contribution >= 0.6 is 0 Å². The molecule has 2 nitrogen and oxygen atoms in total. The normalized spacial score (nSPS) is 12.0. The van der Waals surface area contributed by atoms with Crippen molar-refractivity contribution in [2.45, 2.75) is 90.9 Å². The summed E-state index contributed by atoms with van der Waals surface area (Å²) in [5.41, 5.74) is 2.90. The van der Waals surface area contributed by atoms with Crippen molar-refractivity contribution in [1.29, 1.82) is 0 Å². The number of imidazole rings is 1. The SMILES string of the molecule is CCCCCCc1[nH]cnc1C(C)(C)CCCCC. The maximum Gasteiger partial charge on any atom is 0.0925 e. The molecule has 0 radical (unpaired) electrons. The third-order valence-corrected chi connectivity index (χ3v) is 4.04. The van der Waals surface area contributed by atoms with Gasteiger partial charge in [0, 0.05) is 11.1 Å². The van der Waals surface area contributed by atoms with E-state index >= 15 is 0 Å².